The maximum absolute atomic E-state index is 14.1. The number of piperidine rings is 1. The molecule has 8 heteroatoms. The number of nitrogens with zero attached hydrogens (tertiary/aromatic N) is 3. The van der Waals surface area contributed by atoms with Crippen molar-refractivity contribution in [1.82, 2.24) is 24.7 Å². The van der Waals surface area contributed by atoms with E-state index in [1.165, 1.54) is 5.39 Å². The SMILES string of the molecule is CCC(=O)NCCCn1cc(CN(C(=O)C2CNCC[C@@H]2c2ccn(C)c(=O)c2)C2CC2)c2ccccc21. The van der Waals surface area contributed by atoms with Gasteiger partial charge in [0.1, 0.15) is 0 Å². The van der Waals surface area contributed by atoms with Crippen molar-refractivity contribution < 1.29 is 9.59 Å². The summed E-state index contributed by atoms with van der Waals surface area (Å²) in [5, 5.41) is 7.56. The second-order valence-corrected chi connectivity index (χ2v) is 10.7. The lowest BCUT2D eigenvalue weighted by atomic mass is 9.80. The molecule has 2 atom stereocenters. The number of carbonyl (C=O) groups excluding carboxylic acids is 2. The van der Waals surface area contributed by atoms with E-state index in [1.54, 1.807) is 17.7 Å². The first kappa shape index (κ1) is 26.2. The molecule has 2 aromatic heterocycles. The Balaban J connectivity index is 1.36. The Morgan fingerprint density at radius 3 is 2.74 bits per heavy atom. The van der Waals surface area contributed by atoms with Gasteiger partial charge in [-0.05, 0) is 61.4 Å². The Labute approximate surface area is 224 Å². The van der Waals surface area contributed by atoms with Crippen LogP contribution >= 0.6 is 0 Å². The van der Waals surface area contributed by atoms with E-state index in [0.717, 1.165) is 55.4 Å². The summed E-state index contributed by atoms with van der Waals surface area (Å²) in [5.41, 5.74) is 3.25. The molecule has 1 aromatic carbocycles. The van der Waals surface area contributed by atoms with Crippen molar-refractivity contribution in [2.75, 3.05) is 19.6 Å². The molecule has 2 amide bonds. The van der Waals surface area contributed by atoms with E-state index in [2.05, 4.69) is 44.5 Å². The number of rotatable bonds is 10. The number of benzene rings is 1. The minimum atomic E-state index is -0.188. The fraction of sp³-hybridized carbons (Fsp3) is 0.500. The molecule has 1 unspecified atom stereocenters. The smallest absolute Gasteiger partial charge is 0.250 e. The van der Waals surface area contributed by atoms with E-state index in [0.29, 0.717) is 26.1 Å². The number of carbonyl (C=O) groups is 2. The Hall–Kier alpha value is -3.39. The molecule has 2 fully saturated rings. The summed E-state index contributed by atoms with van der Waals surface area (Å²) in [6, 6.07) is 12.3. The van der Waals surface area contributed by atoms with Crippen LogP contribution in [0.1, 0.15) is 56.1 Å². The van der Waals surface area contributed by atoms with Gasteiger partial charge in [0.25, 0.3) is 5.56 Å². The maximum atomic E-state index is 14.1. The van der Waals surface area contributed by atoms with Crippen LogP contribution in [0.2, 0.25) is 0 Å². The molecule has 5 rings (SSSR count). The number of pyridine rings is 1. The van der Waals surface area contributed by atoms with Crippen LogP contribution in [0.25, 0.3) is 10.9 Å². The van der Waals surface area contributed by atoms with Crippen LogP contribution in [0.3, 0.4) is 0 Å². The minimum Gasteiger partial charge on any atom is -0.356 e. The number of hydrogen-bond acceptors (Lipinski definition) is 4. The first-order valence-corrected chi connectivity index (χ1v) is 14.0. The molecule has 1 aliphatic heterocycles. The molecule has 1 saturated heterocycles. The summed E-state index contributed by atoms with van der Waals surface area (Å²) in [7, 11) is 1.75. The van der Waals surface area contributed by atoms with Gasteiger partial charge in [-0.3, -0.25) is 14.4 Å². The Morgan fingerprint density at radius 2 is 1.97 bits per heavy atom. The summed E-state index contributed by atoms with van der Waals surface area (Å²) >= 11 is 0. The van der Waals surface area contributed by atoms with Gasteiger partial charge < -0.3 is 24.7 Å². The van der Waals surface area contributed by atoms with Crippen molar-refractivity contribution in [2.45, 2.75) is 64.1 Å². The molecule has 38 heavy (non-hydrogen) atoms. The molecule has 0 spiro atoms. The summed E-state index contributed by atoms with van der Waals surface area (Å²) < 4.78 is 3.83. The van der Waals surface area contributed by atoms with Gasteiger partial charge in [0.15, 0.2) is 0 Å². The summed E-state index contributed by atoms with van der Waals surface area (Å²) in [6.07, 6.45) is 8.27. The van der Waals surface area contributed by atoms with Gasteiger partial charge in [-0.1, -0.05) is 25.1 Å². The Morgan fingerprint density at radius 1 is 1.16 bits per heavy atom. The first-order chi connectivity index (χ1) is 18.5. The number of amides is 2. The second kappa shape index (κ2) is 11.6. The monoisotopic (exact) mass is 517 g/mol. The highest BCUT2D eigenvalue weighted by molar-refractivity contribution is 5.85. The zero-order valence-corrected chi connectivity index (χ0v) is 22.5. The quantitative estimate of drug-likeness (QED) is 0.405. The Bertz CT molecular complexity index is 1360. The highest BCUT2D eigenvalue weighted by atomic mass is 16.2. The maximum Gasteiger partial charge on any atom is 0.250 e. The average molecular weight is 518 g/mol. The normalized spacial score (nSPS) is 19.4. The molecule has 8 nitrogen and oxygen atoms in total. The van der Waals surface area contributed by atoms with E-state index in [4.69, 9.17) is 0 Å². The van der Waals surface area contributed by atoms with Gasteiger partial charge in [0, 0.05) is 75.1 Å². The van der Waals surface area contributed by atoms with Crippen LogP contribution in [0, 0.1) is 5.92 Å². The lowest BCUT2D eigenvalue weighted by Gasteiger charge is -2.35. The third-order valence-electron chi connectivity index (χ3n) is 8.06. The van der Waals surface area contributed by atoms with Crippen LogP contribution in [0.15, 0.2) is 53.6 Å². The number of nitrogens with one attached hydrogen (secondary N) is 2. The molecule has 3 heterocycles. The second-order valence-electron chi connectivity index (χ2n) is 10.7. The van der Waals surface area contributed by atoms with Crippen LogP contribution in [0.4, 0.5) is 0 Å². The molecular weight excluding hydrogens is 478 g/mol. The molecular formula is C30H39N5O3. The molecule has 1 aliphatic carbocycles. The molecule has 1 saturated carbocycles. The molecule has 2 aliphatic rings. The fourth-order valence-electron chi connectivity index (χ4n) is 5.72. The van der Waals surface area contributed by atoms with Crippen molar-refractivity contribution in [1.29, 1.82) is 0 Å². The Kier molecular flexibility index (Phi) is 7.98. The lowest BCUT2D eigenvalue weighted by molar-refractivity contribution is -0.138. The molecule has 202 valence electrons. The lowest BCUT2D eigenvalue weighted by Crippen LogP contribution is -2.47. The number of aromatic nitrogens is 2. The van der Waals surface area contributed by atoms with Crippen LogP contribution < -0.4 is 16.2 Å². The highest BCUT2D eigenvalue weighted by Gasteiger charge is 2.40. The van der Waals surface area contributed by atoms with Gasteiger partial charge in [0.05, 0.1) is 5.92 Å². The largest absolute Gasteiger partial charge is 0.356 e. The molecule has 0 bridgehead atoms. The van der Waals surface area contributed by atoms with E-state index < -0.39 is 0 Å². The summed E-state index contributed by atoms with van der Waals surface area (Å²) in [5.74, 6) is 0.114. The predicted octanol–water partition coefficient (Wildman–Crippen LogP) is 3.14. The number of para-hydroxylation sites is 1. The average Bonchev–Trinajstić information content (AvgIpc) is 3.73. The standard InChI is InChI=1S/C30H39N5O3/c1-3-28(36)32-13-6-15-34-19-22(25-7-4-5-8-27(25)34)20-35(23-9-10-23)30(38)26-18-31-14-11-24(26)21-12-16-33(2)29(37)17-21/h4-5,7-8,12,16-17,19,23-24,26,31H,3,6,9-11,13-15,18,20H2,1-2H3,(H,32,36)/t24-,26?/m1/s1. The van der Waals surface area contributed by atoms with Gasteiger partial charge in [-0.25, -0.2) is 0 Å². The topological polar surface area (TPSA) is 88.4 Å². The van der Waals surface area contributed by atoms with E-state index in [1.807, 2.05) is 25.3 Å². The van der Waals surface area contributed by atoms with Crippen molar-refractivity contribution in [2.24, 2.45) is 13.0 Å². The van der Waals surface area contributed by atoms with Gasteiger partial charge in [-0.15, -0.1) is 0 Å². The van der Waals surface area contributed by atoms with Gasteiger partial charge in [0.2, 0.25) is 11.8 Å². The number of hydrogen-bond donors (Lipinski definition) is 2. The third-order valence-corrected chi connectivity index (χ3v) is 8.06. The van der Waals surface area contributed by atoms with Crippen LogP contribution in [-0.2, 0) is 29.7 Å². The first-order valence-electron chi connectivity index (χ1n) is 14.0. The van der Waals surface area contributed by atoms with Crippen LogP contribution in [-0.4, -0.2) is 51.5 Å². The molecule has 3 aromatic rings. The van der Waals surface area contributed by atoms with Crippen molar-refractivity contribution in [3.8, 4) is 0 Å². The van der Waals surface area contributed by atoms with E-state index in [-0.39, 0.29) is 35.3 Å². The fourth-order valence-corrected chi connectivity index (χ4v) is 5.72. The number of fused-ring (bicyclic) bond motifs is 1. The highest BCUT2D eigenvalue weighted by Crippen LogP contribution is 2.36. The minimum absolute atomic E-state index is 0.0339. The van der Waals surface area contributed by atoms with Crippen LogP contribution in [0.5, 0.6) is 0 Å². The summed E-state index contributed by atoms with van der Waals surface area (Å²) in [6.45, 7) is 5.38. The van der Waals surface area contributed by atoms with Crippen molar-refractivity contribution in [3.63, 3.8) is 0 Å². The summed E-state index contributed by atoms with van der Waals surface area (Å²) in [4.78, 5) is 40.2. The van der Waals surface area contributed by atoms with Gasteiger partial charge >= 0.3 is 0 Å². The zero-order chi connectivity index (χ0) is 26.6. The zero-order valence-electron chi connectivity index (χ0n) is 22.5. The van der Waals surface area contributed by atoms with Crippen molar-refractivity contribution >= 4 is 22.7 Å². The molecule has 0 radical (unpaired) electrons. The van der Waals surface area contributed by atoms with E-state index in [9.17, 15) is 14.4 Å². The van der Waals surface area contributed by atoms with E-state index >= 15 is 0 Å². The van der Waals surface area contributed by atoms with Gasteiger partial charge in [-0.2, -0.15) is 0 Å². The predicted molar refractivity (Wildman–Crippen MR) is 149 cm³/mol. The van der Waals surface area contributed by atoms with Crippen molar-refractivity contribution in [3.05, 3.63) is 70.3 Å². The third kappa shape index (κ3) is 5.70. The number of aryl methyl sites for hydroxylation is 2. The molecule has 2 N–H and O–H groups in total.